The van der Waals surface area contributed by atoms with Gasteiger partial charge in [-0.05, 0) is 13.0 Å². The molecule has 6 heteroatoms. The lowest BCUT2D eigenvalue weighted by molar-refractivity contribution is -0.386. The molecule has 1 heterocycles. The molecule has 0 bridgehead atoms. The highest BCUT2D eigenvalue weighted by molar-refractivity contribution is 5.43. The van der Waals surface area contributed by atoms with E-state index in [0.29, 0.717) is 5.56 Å². The summed E-state index contributed by atoms with van der Waals surface area (Å²) in [5.74, 6) is 0. The molecule has 0 radical (unpaired) electrons. The Morgan fingerprint density at radius 1 is 1.69 bits per heavy atom. The molecule has 0 amide bonds. The molecule has 0 aliphatic rings. The van der Waals surface area contributed by atoms with Crippen LogP contribution in [-0.2, 0) is 11.2 Å². The van der Waals surface area contributed by atoms with E-state index in [2.05, 4.69) is 4.98 Å². The molecule has 1 atom stereocenters. The van der Waals surface area contributed by atoms with Crippen LogP contribution >= 0.6 is 0 Å². The summed E-state index contributed by atoms with van der Waals surface area (Å²) in [6.07, 6.45) is 0.834. The summed E-state index contributed by atoms with van der Waals surface area (Å²) < 4.78 is 4.76. The number of methoxy groups -OCH3 is 1. The zero-order valence-electron chi connectivity index (χ0n) is 9.21. The van der Waals surface area contributed by atoms with Crippen molar-refractivity contribution in [2.75, 3.05) is 13.7 Å². The highest BCUT2D eigenvalue weighted by Gasteiger charge is 2.20. The molecule has 6 nitrogen and oxygen atoms in total. The van der Waals surface area contributed by atoms with E-state index in [1.54, 1.807) is 13.0 Å². The van der Waals surface area contributed by atoms with Crippen LogP contribution < -0.4 is 0 Å². The first-order chi connectivity index (χ1) is 7.56. The topological polar surface area (TPSA) is 85.5 Å². The van der Waals surface area contributed by atoms with Crippen LogP contribution in [0.1, 0.15) is 11.3 Å². The van der Waals surface area contributed by atoms with Crippen molar-refractivity contribution >= 4 is 5.69 Å². The van der Waals surface area contributed by atoms with Crippen LogP contribution in [0.15, 0.2) is 12.3 Å². The molecule has 1 aromatic rings. The van der Waals surface area contributed by atoms with Gasteiger partial charge in [0.15, 0.2) is 0 Å². The Hall–Kier alpha value is -1.53. The van der Waals surface area contributed by atoms with Gasteiger partial charge in [-0.15, -0.1) is 0 Å². The lowest BCUT2D eigenvalue weighted by atomic mass is 10.1. The van der Waals surface area contributed by atoms with Gasteiger partial charge in [0, 0.05) is 25.3 Å². The molecule has 0 aliphatic heterocycles. The summed E-state index contributed by atoms with van der Waals surface area (Å²) in [6, 6.07) is 1.57. The standard InChI is InChI=1S/C10H14N2O4/c1-7-3-4-11-9(10(7)12(14)15)5-8(13)6-16-2/h3-4,8,13H,5-6H2,1-2H3. The molecular formula is C10H14N2O4. The number of pyridine rings is 1. The number of aliphatic hydroxyl groups excluding tert-OH is 1. The van der Waals surface area contributed by atoms with Crippen LogP contribution in [0.25, 0.3) is 0 Å². The van der Waals surface area contributed by atoms with E-state index in [1.165, 1.54) is 13.3 Å². The minimum Gasteiger partial charge on any atom is -0.390 e. The number of aliphatic hydroxyl groups is 1. The molecule has 1 aromatic heterocycles. The zero-order valence-corrected chi connectivity index (χ0v) is 9.21. The molecule has 0 fully saturated rings. The highest BCUT2D eigenvalue weighted by atomic mass is 16.6. The summed E-state index contributed by atoms with van der Waals surface area (Å²) in [4.78, 5) is 14.3. The van der Waals surface area contributed by atoms with Crippen molar-refractivity contribution < 1.29 is 14.8 Å². The third kappa shape index (κ3) is 2.98. The van der Waals surface area contributed by atoms with Gasteiger partial charge in [0.25, 0.3) is 5.69 Å². The molecular weight excluding hydrogens is 212 g/mol. The Morgan fingerprint density at radius 3 is 2.94 bits per heavy atom. The summed E-state index contributed by atoms with van der Waals surface area (Å²) in [5, 5.41) is 20.3. The fourth-order valence-corrected chi connectivity index (χ4v) is 1.48. The molecule has 1 rings (SSSR count). The van der Waals surface area contributed by atoms with Gasteiger partial charge < -0.3 is 9.84 Å². The molecule has 0 aliphatic carbocycles. The van der Waals surface area contributed by atoms with Gasteiger partial charge in [-0.2, -0.15) is 0 Å². The van der Waals surface area contributed by atoms with Crippen LogP contribution in [0.2, 0.25) is 0 Å². The monoisotopic (exact) mass is 226 g/mol. The number of aromatic nitrogens is 1. The summed E-state index contributed by atoms with van der Waals surface area (Å²) in [6.45, 7) is 1.78. The van der Waals surface area contributed by atoms with Gasteiger partial charge in [-0.1, -0.05) is 0 Å². The van der Waals surface area contributed by atoms with Crippen molar-refractivity contribution in [2.45, 2.75) is 19.4 Å². The fourth-order valence-electron chi connectivity index (χ4n) is 1.48. The second-order valence-electron chi connectivity index (χ2n) is 3.49. The number of hydrogen-bond acceptors (Lipinski definition) is 5. The molecule has 1 N–H and O–H groups in total. The first kappa shape index (κ1) is 12.5. The third-order valence-electron chi connectivity index (χ3n) is 2.17. The predicted molar refractivity (Wildman–Crippen MR) is 57.2 cm³/mol. The van der Waals surface area contributed by atoms with Crippen molar-refractivity contribution in [3.8, 4) is 0 Å². The average Bonchev–Trinajstić information content (AvgIpc) is 2.17. The summed E-state index contributed by atoms with van der Waals surface area (Å²) in [5.41, 5.74) is 0.798. The highest BCUT2D eigenvalue weighted by Crippen LogP contribution is 2.21. The Labute approximate surface area is 93.0 Å². The van der Waals surface area contributed by atoms with E-state index in [0.717, 1.165) is 0 Å². The van der Waals surface area contributed by atoms with Crippen molar-refractivity contribution in [1.29, 1.82) is 0 Å². The van der Waals surface area contributed by atoms with Crippen LogP contribution in [0.4, 0.5) is 5.69 Å². The van der Waals surface area contributed by atoms with Crippen molar-refractivity contribution in [3.05, 3.63) is 33.6 Å². The van der Waals surface area contributed by atoms with Crippen LogP contribution in [0.3, 0.4) is 0 Å². The number of hydrogen-bond donors (Lipinski definition) is 1. The Balaban J connectivity index is 2.95. The van der Waals surface area contributed by atoms with Gasteiger partial charge in [0.1, 0.15) is 5.69 Å². The van der Waals surface area contributed by atoms with E-state index >= 15 is 0 Å². The Bertz CT molecular complexity index is 381. The number of nitro groups is 1. The number of nitrogens with zero attached hydrogens (tertiary/aromatic N) is 2. The second-order valence-corrected chi connectivity index (χ2v) is 3.49. The van der Waals surface area contributed by atoms with Crippen molar-refractivity contribution in [1.82, 2.24) is 4.98 Å². The van der Waals surface area contributed by atoms with Crippen LogP contribution in [0.5, 0.6) is 0 Å². The van der Waals surface area contributed by atoms with E-state index in [1.807, 2.05) is 0 Å². The van der Waals surface area contributed by atoms with E-state index in [4.69, 9.17) is 4.74 Å². The fraction of sp³-hybridized carbons (Fsp3) is 0.500. The molecule has 0 aromatic carbocycles. The van der Waals surface area contributed by atoms with Gasteiger partial charge in [-0.25, -0.2) is 0 Å². The maximum atomic E-state index is 10.8. The number of rotatable bonds is 5. The molecule has 0 saturated carbocycles. The van der Waals surface area contributed by atoms with Gasteiger partial charge >= 0.3 is 0 Å². The maximum absolute atomic E-state index is 10.8. The zero-order chi connectivity index (χ0) is 12.1. The predicted octanol–water partition coefficient (Wildman–Crippen LogP) is 0.848. The van der Waals surface area contributed by atoms with Gasteiger partial charge in [0.05, 0.1) is 17.6 Å². The smallest absolute Gasteiger partial charge is 0.293 e. The van der Waals surface area contributed by atoms with E-state index < -0.39 is 11.0 Å². The van der Waals surface area contributed by atoms with Gasteiger partial charge in [0.2, 0.25) is 0 Å². The largest absolute Gasteiger partial charge is 0.390 e. The first-order valence-corrected chi connectivity index (χ1v) is 4.82. The molecule has 0 spiro atoms. The van der Waals surface area contributed by atoms with E-state index in [9.17, 15) is 15.2 Å². The van der Waals surface area contributed by atoms with Crippen LogP contribution in [0, 0.1) is 17.0 Å². The van der Waals surface area contributed by atoms with Crippen molar-refractivity contribution in [3.63, 3.8) is 0 Å². The Morgan fingerprint density at radius 2 is 2.38 bits per heavy atom. The van der Waals surface area contributed by atoms with Crippen molar-refractivity contribution in [2.24, 2.45) is 0 Å². The van der Waals surface area contributed by atoms with E-state index in [-0.39, 0.29) is 24.4 Å². The minimum atomic E-state index is -0.780. The lowest BCUT2D eigenvalue weighted by Gasteiger charge is -2.09. The molecule has 1 unspecified atom stereocenters. The first-order valence-electron chi connectivity index (χ1n) is 4.82. The third-order valence-corrected chi connectivity index (χ3v) is 2.17. The molecule has 0 saturated heterocycles. The number of aryl methyl sites for hydroxylation is 1. The summed E-state index contributed by atoms with van der Waals surface area (Å²) >= 11 is 0. The Kier molecular flexibility index (Phi) is 4.33. The number of ether oxygens (including phenoxy) is 1. The second kappa shape index (κ2) is 5.53. The van der Waals surface area contributed by atoms with Gasteiger partial charge in [-0.3, -0.25) is 15.1 Å². The SMILES string of the molecule is COCC(O)Cc1nccc(C)c1[N+](=O)[O-]. The average molecular weight is 226 g/mol. The normalized spacial score (nSPS) is 12.4. The quantitative estimate of drug-likeness (QED) is 0.594. The van der Waals surface area contributed by atoms with Crippen LogP contribution in [-0.4, -0.2) is 34.8 Å². The minimum absolute atomic E-state index is 0.0300. The molecule has 88 valence electrons. The lowest BCUT2D eigenvalue weighted by Crippen LogP contribution is -2.18. The molecule has 16 heavy (non-hydrogen) atoms. The maximum Gasteiger partial charge on any atom is 0.293 e. The summed E-state index contributed by atoms with van der Waals surface area (Å²) in [7, 11) is 1.46.